The normalized spacial score (nSPS) is 14.0. The lowest BCUT2D eigenvalue weighted by Crippen LogP contribution is -2.14. The zero-order valence-electron chi connectivity index (χ0n) is 16.9. The van der Waals surface area contributed by atoms with Crippen LogP contribution < -0.4 is 14.2 Å². The van der Waals surface area contributed by atoms with Gasteiger partial charge in [-0.05, 0) is 43.3 Å². The summed E-state index contributed by atoms with van der Waals surface area (Å²) in [6.07, 6.45) is 3.66. The Bertz CT molecular complexity index is 1170. The number of nitrogens with zero attached hydrogens (tertiary/aromatic N) is 1. The summed E-state index contributed by atoms with van der Waals surface area (Å²) in [6.45, 7) is 1.81. The molecule has 7 heteroatoms. The van der Waals surface area contributed by atoms with Gasteiger partial charge in [0.05, 0.1) is 19.3 Å². The Morgan fingerprint density at radius 3 is 2.73 bits per heavy atom. The number of carbonyl (C=O) groups excluding carboxylic acids is 2. The molecule has 1 aliphatic rings. The fourth-order valence-corrected chi connectivity index (χ4v) is 3.39. The fraction of sp³-hybridized carbons (Fsp3) is 0.217. The van der Waals surface area contributed by atoms with Crippen molar-refractivity contribution in [3.05, 3.63) is 59.5 Å². The minimum atomic E-state index is -0.457. The number of esters is 1. The third-order valence-electron chi connectivity index (χ3n) is 4.82. The van der Waals surface area contributed by atoms with E-state index < -0.39 is 5.97 Å². The van der Waals surface area contributed by atoms with Gasteiger partial charge in [0.2, 0.25) is 5.78 Å². The van der Waals surface area contributed by atoms with Gasteiger partial charge in [-0.2, -0.15) is 0 Å². The highest BCUT2D eigenvalue weighted by Gasteiger charge is 2.28. The average molecular weight is 407 g/mol. The number of ether oxygens (including phenoxy) is 4. The quantitative estimate of drug-likeness (QED) is 0.458. The van der Waals surface area contributed by atoms with E-state index in [2.05, 4.69) is 0 Å². The van der Waals surface area contributed by atoms with E-state index in [1.165, 1.54) is 0 Å². The molecule has 2 aromatic carbocycles. The molecule has 154 valence electrons. The number of methoxy groups -OCH3 is 1. The third kappa shape index (κ3) is 3.61. The molecular weight excluding hydrogens is 386 g/mol. The summed E-state index contributed by atoms with van der Waals surface area (Å²) in [5.41, 5.74) is 2.31. The number of rotatable bonds is 6. The molecule has 0 N–H and O–H groups in total. The van der Waals surface area contributed by atoms with Crippen molar-refractivity contribution in [3.8, 4) is 17.2 Å². The Labute approximate surface area is 173 Å². The molecule has 7 nitrogen and oxygen atoms in total. The first kappa shape index (κ1) is 19.6. The van der Waals surface area contributed by atoms with Crippen molar-refractivity contribution in [2.45, 2.75) is 6.92 Å². The Balaban J connectivity index is 1.60. The number of Topliss-reactive ketones (excluding diaryl/α,β-unsaturated/α-hetero) is 1. The number of aromatic nitrogens is 1. The molecular formula is C23H21NO6. The molecule has 0 unspecified atom stereocenters. The molecule has 0 radical (unpaired) electrons. The highest BCUT2D eigenvalue weighted by molar-refractivity contribution is 6.15. The number of ketones is 1. The molecule has 0 spiro atoms. The maximum atomic E-state index is 12.8. The summed E-state index contributed by atoms with van der Waals surface area (Å²) in [5, 5.41) is 0.954. The van der Waals surface area contributed by atoms with Crippen molar-refractivity contribution >= 4 is 28.7 Å². The minimum absolute atomic E-state index is 0.207. The summed E-state index contributed by atoms with van der Waals surface area (Å²) >= 11 is 0. The maximum Gasteiger partial charge on any atom is 0.344 e. The minimum Gasteiger partial charge on any atom is -0.497 e. The van der Waals surface area contributed by atoms with Gasteiger partial charge in [0.25, 0.3) is 0 Å². The number of aryl methyl sites for hydroxylation is 1. The second kappa shape index (κ2) is 7.94. The maximum absolute atomic E-state index is 12.8. The van der Waals surface area contributed by atoms with Gasteiger partial charge >= 0.3 is 5.97 Å². The molecule has 4 rings (SSSR count). The zero-order chi connectivity index (χ0) is 21.3. The summed E-state index contributed by atoms with van der Waals surface area (Å²) in [4.78, 5) is 24.2. The smallest absolute Gasteiger partial charge is 0.344 e. The Morgan fingerprint density at radius 1 is 1.17 bits per heavy atom. The topological polar surface area (TPSA) is 76.0 Å². The third-order valence-corrected chi connectivity index (χ3v) is 4.82. The Morgan fingerprint density at radius 2 is 1.97 bits per heavy atom. The van der Waals surface area contributed by atoms with Crippen LogP contribution in [-0.4, -0.2) is 36.6 Å². The summed E-state index contributed by atoms with van der Waals surface area (Å²) in [5.74, 6) is 1.11. The predicted molar refractivity (Wildman–Crippen MR) is 111 cm³/mol. The first-order valence-corrected chi connectivity index (χ1v) is 9.50. The molecule has 0 fully saturated rings. The second-order valence-electron chi connectivity index (χ2n) is 6.77. The number of fused-ring (bicyclic) bond motifs is 2. The van der Waals surface area contributed by atoms with Crippen molar-refractivity contribution in [1.29, 1.82) is 0 Å². The van der Waals surface area contributed by atoms with Crippen molar-refractivity contribution < 1.29 is 28.5 Å². The molecule has 30 heavy (non-hydrogen) atoms. The Hall–Kier alpha value is -3.74. The SMILES string of the molecule is CCOC(=O)COc1ccc2c(c1)O/C(=C/c1cn(C)c3ccc(OC)cc13)C2=O. The lowest BCUT2D eigenvalue weighted by molar-refractivity contribution is -0.145. The van der Waals surface area contributed by atoms with Crippen molar-refractivity contribution in [3.63, 3.8) is 0 Å². The van der Waals surface area contributed by atoms with Crippen LogP contribution in [0.5, 0.6) is 17.2 Å². The van der Waals surface area contributed by atoms with Crippen molar-refractivity contribution in [2.24, 2.45) is 7.05 Å². The number of carbonyl (C=O) groups is 2. The van der Waals surface area contributed by atoms with E-state index in [9.17, 15) is 9.59 Å². The van der Waals surface area contributed by atoms with Crippen LogP contribution in [0.15, 0.2) is 48.4 Å². The van der Waals surface area contributed by atoms with Gasteiger partial charge in [0.1, 0.15) is 17.2 Å². The van der Waals surface area contributed by atoms with Gasteiger partial charge < -0.3 is 23.5 Å². The van der Waals surface area contributed by atoms with Crippen molar-refractivity contribution in [2.75, 3.05) is 20.3 Å². The second-order valence-corrected chi connectivity index (χ2v) is 6.77. The highest BCUT2D eigenvalue weighted by Crippen LogP contribution is 2.36. The molecule has 0 atom stereocenters. The zero-order valence-corrected chi connectivity index (χ0v) is 16.9. The molecule has 2 heterocycles. The van der Waals surface area contributed by atoms with Crippen LogP contribution in [-0.2, 0) is 16.6 Å². The van der Waals surface area contributed by atoms with Crippen molar-refractivity contribution in [1.82, 2.24) is 4.57 Å². The first-order valence-electron chi connectivity index (χ1n) is 9.50. The number of hydrogen-bond acceptors (Lipinski definition) is 6. The largest absolute Gasteiger partial charge is 0.497 e. The molecule has 3 aromatic rings. The summed E-state index contributed by atoms with van der Waals surface area (Å²) < 4.78 is 23.4. The first-order chi connectivity index (χ1) is 14.5. The van der Waals surface area contributed by atoms with Gasteiger partial charge in [-0.1, -0.05) is 0 Å². The molecule has 1 aliphatic heterocycles. The predicted octanol–water partition coefficient (Wildman–Crippen LogP) is 3.75. The van der Waals surface area contributed by atoms with E-state index in [1.807, 2.05) is 36.0 Å². The van der Waals surface area contributed by atoms with Gasteiger partial charge in [0.15, 0.2) is 12.4 Å². The van der Waals surface area contributed by atoms with Gasteiger partial charge in [-0.25, -0.2) is 4.79 Å². The van der Waals surface area contributed by atoms with Gasteiger partial charge in [-0.3, -0.25) is 4.79 Å². The molecule has 1 aromatic heterocycles. The molecule has 0 bridgehead atoms. The van der Waals surface area contributed by atoms with Crippen LogP contribution in [0.1, 0.15) is 22.8 Å². The van der Waals surface area contributed by atoms with Crippen LogP contribution >= 0.6 is 0 Å². The van der Waals surface area contributed by atoms with E-state index >= 15 is 0 Å². The van der Waals surface area contributed by atoms with Crippen LogP contribution in [0.2, 0.25) is 0 Å². The van der Waals surface area contributed by atoms with Crippen LogP contribution in [0.3, 0.4) is 0 Å². The van der Waals surface area contributed by atoms with Gasteiger partial charge in [-0.15, -0.1) is 0 Å². The fourth-order valence-electron chi connectivity index (χ4n) is 3.39. The monoisotopic (exact) mass is 407 g/mol. The van der Waals surface area contributed by atoms with E-state index in [4.69, 9.17) is 18.9 Å². The van der Waals surface area contributed by atoms with E-state index in [1.54, 1.807) is 38.3 Å². The van der Waals surface area contributed by atoms with Crippen LogP contribution in [0, 0.1) is 0 Å². The van der Waals surface area contributed by atoms with E-state index in [-0.39, 0.29) is 24.8 Å². The molecule has 0 saturated heterocycles. The lowest BCUT2D eigenvalue weighted by atomic mass is 10.1. The van der Waals surface area contributed by atoms with Crippen LogP contribution in [0.4, 0.5) is 0 Å². The number of allylic oxidation sites excluding steroid dienone is 1. The Kier molecular flexibility index (Phi) is 5.18. The van der Waals surface area contributed by atoms with Gasteiger partial charge in [0, 0.05) is 35.8 Å². The standard InChI is InChI=1S/C23H21NO6/c1-4-28-22(25)13-29-16-5-7-17-20(11-16)30-21(23(17)26)9-14-12-24(2)19-8-6-15(27-3)10-18(14)19/h5-12H,4,13H2,1-3H3/b21-9+. The number of hydrogen-bond donors (Lipinski definition) is 0. The molecule has 0 amide bonds. The van der Waals surface area contributed by atoms with E-state index in [0.29, 0.717) is 17.1 Å². The molecule has 0 saturated carbocycles. The summed E-state index contributed by atoms with van der Waals surface area (Å²) in [7, 11) is 3.56. The lowest BCUT2D eigenvalue weighted by Gasteiger charge is -2.06. The average Bonchev–Trinajstić information content (AvgIpc) is 3.22. The highest BCUT2D eigenvalue weighted by atomic mass is 16.6. The molecule has 0 aliphatic carbocycles. The number of benzene rings is 2. The summed E-state index contributed by atoms with van der Waals surface area (Å²) in [6, 6.07) is 10.6. The van der Waals surface area contributed by atoms with E-state index in [0.717, 1.165) is 22.2 Å². The van der Waals surface area contributed by atoms with Crippen LogP contribution in [0.25, 0.3) is 17.0 Å².